The van der Waals surface area contributed by atoms with Gasteiger partial charge in [-0.1, -0.05) is 24.6 Å². The number of hydrogen-bond donors (Lipinski definition) is 1. The third kappa shape index (κ3) is 4.81. The average molecular weight is 437 g/mol. The summed E-state index contributed by atoms with van der Waals surface area (Å²) >= 11 is 0. The highest BCUT2D eigenvalue weighted by Crippen LogP contribution is 2.53. The standard InChI is InChI=1S/C24H27F4NO2/c25-21-14-19(4-7-22(21)30)18-2-5-20(6-3-18)31-15-17-8-12-29(13-9-17)16-23(10-1-11-23)24(26,27)28/h2-7,14,17,30H,1,8-13,15-16H2. The second-order valence-corrected chi connectivity index (χ2v) is 8.85. The largest absolute Gasteiger partial charge is 0.505 e. The molecular formula is C24H27F4NO2. The van der Waals surface area contributed by atoms with Crippen LogP contribution in [0.15, 0.2) is 42.5 Å². The molecule has 1 N–H and O–H groups in total. The number of rotatable bonds is 6. The van der Waals surface area contributed by atoms with E-state index in [2.05, 4.69) is 0 Å². The fourth-order valence-corrected chi connectivity index (χ4v) is 4.52. The minimum atomic E-state index is -4.11. The summed E-state index contributed by atoms with van der Waals surface area (Å²) in [6.07, 6.45) is -1.26. The first-order valence-electron chi connectivity index (χ1n) is 10.8. The van der Waals surface area contributed by atoms with E-state index in [4.69, 9.17) is 4.74 Å². The number of ether oxygens (including phenoxy) is 1. The number of phenolic OH excluding ortho intramolecular Hbond substituents is 1. The Labute approximate surface area is 179 Å². The van der Waals surface area contributed by atoms with Crippen LogP contribution in [0.2, 0.25) is 0 Å². The molecule has 2 aliphatic rings. The summed E-state index contributed by atoms with van der Waals surface area (Å²) in [5.74, 6) is -0.0140. The first kappa shape index (κ1) is 21.9. The monoisotopic (exact) mass is 437 g/mol. The first-order chi connectivity index (χ1) is 14.8. The molecule has 0 aromatic heterocycles. The second-order valence-electron chi connectivity index (χ2n) is 8.85. The third-order valence-electron chi connectivity index (χ3n) is 6.77. The highest BCUT2D eigenvalue weighted by molar-refractivity contribution is 5.65. The summed E-state index contributed by atoms with van der Waals surface area (Å²) in [4.78, 5) is 1.97. The van der Waals surface area contributed by atoms with Gasteiger partial charge in [0, 0.05) is 6.54 Å². The van der Waals surface area contributed by atoms with Crippen molar-refractivity contribution >= 4 is 0 Å². The van der Waals surface area contributed by atoms with E-state index in [9.17, 15) is 22.7 Å². The summed E-state index contributed by atoms with van der Waals surface area (Å²) in [6.45, 7) is 2.02. The number of nitrogens with zero attached hydrogens (tertiary/aromatic N) is 1. The molecule has 0 radical (unpaired) electrons. The quantitative estimate of drug-likeness (QED) is 0.561. The topological polar surface area (TPSA) is 32.7 Å². The molecule has 0 amide bonds. The summed E-state index contributed by atoms with van der Waals surface area (Å²) in [5, 5.41) is 9.30. The van der Waals surface area contributed by atoms with Crippen LogP contribution in [0.5, 0.6) is 11.5 Å². The number of aromatic hydroxyl groups is 1. The number of phenols is 1. The molecule has 1 aliphatic carbocycles. The molecule has 1 aliphatic heterocycles. The Hall–Kier alpha value is -2.28. The molecule has 1 saturated heterocycles. The molecule has 2 aromatic carbocycles. The number of halogens is 4. The van der Waals surface area contributed by atoms with Crippen molar-refractivity contribution in [3.8, 4) is 22.6 Å². The molecule has 0 spiro atoms. The zero-order valence-corrected chi connectivity index (χ0v) is 17.3. The maximum absolute atomic E-state index is 13.5. The van der Waals surface area contributed by atoms with Crippen LogP contribution in [-0.4, -0.2) is 42.4 Å². The van der Waals surface area contributed by atoms with Crippen LogP contribution in [0.4, 0.5) is 17.6 Å². The summed E-state index contributed by atoms with van der Waals surface area (Å²) in [6, 6.07) is 11.6. The lowest BCUT2D eigenvalue weighted by Crippen LogP contribution is -2.53. The molecule has 0 bridgehead atoms. The lowest BCUT2D eigenvalue weighted by molar-refractivity contribution is -0.256. The van der Waals surface area contributed by atoms with Gasteiger partial charge in [-0.2, -0.15) is 13.2 Å². The van der Waals surface area contributed by atoms with E-state index >= 15 is 0 Å². The Balaban J connectivity index is 1.25. The van der Waals surface area contributed by atoms with Crippen LogP contribution >= 0.6 is 0 Å². The van der Waals surface area contributed by atoms with Crippen LogP contribution in [0, 0.1) is 17.2 Å². The van der Waals surface area contributed by atoms with Gasteiger partial charge in [0.05, 0.1) is 12.0 Å². The Morgan fingerprint density at radius 1 is 1.00 bits per heavy atom. The van der Waals surface area contributed by atoms with E-state index in [1.54, 1.807) is 6.07 Å². The summed E-state index contributed by atoms with van der Waals surface area (Å²) in [5.41, 5.74) is -0.00940. The van der Waals surface area contributed by atoms with E-state index in [1.807, 2.05) is 29.2 Å². The fraction of sp³-hybridized carbons (Fsp3) is 0.500. The molecule has 2 aromatic rings. The molecule has 4 rings (SSSR count). The van der Waals surface area contributed by atoms with Gasteiger partial charge in [-0.05, 0) is 80.1 Å². The van der Waals surface area contributed by atoms with E-state index in [1.165, 1.54) is 12.1 Å². The van der Waals surface area contributed by atoms with E-state index in [0.717, 1.165) is 18.4 Å². The van der Waals surface area contributed by atoms with Gasteiger partial charge in [0.2, 0.25) is 0 Å². The molecule has 0 atom stereocenters. The van der Waals surface area contributed by atoms with Crippen LogP contribution in [0.1, 0.15) is 32.1 Å². The van der Waals surface area contributed by atoms with Crippen molar-refractivity contribution in [2.45, 2.75) is 38.3 Å². The normalized spacial score (nSPS) is 19.7. The zero-order chi connectivity index (χ0) is 22.1. The second kappa shape index (κ2) is 8.69. The van der Waals surface area contributed by atoms with Crippen LogP contribution < -0.4 is 4.74 Å². The molecule has 1 saturated carbocycles. The lowest BCUT2D eigenvalue weighted by atomic mass is 9.67. The Morgan fingerprint density at radius 3 is 2.19 bits per heavy atom. The van der Waals surface area contributed by atoms with Gasteiger partial charge in [-0.3, -0.25) is 0 Å². The van der Waals surface area contributed by atoms with E-state index in [-0.39, 0.29) is 25.1 Å². The van der Waals surface area contributed by atoms with Gasteiger partial charge in [0.25, 0.3) is 0 Å². The number of benzene rings is 2. The smallest absolute Gasteiger partial charge is 0.395 e. The number of alkyl halides is 3. The first-order valence-corrected chi connectivity index (χ1v) is 10.8. The molecule has 7 heteroatoms. The predicted octanol–water partition coefficient (Wildman–Crippen LogP) is 6.02. The SMILES string of the molecule is Oc1ccc(-c2ccc(OCC3CCN(CC4(C(F)(F)F)CCC4)CC3)cc2)cc1F. The molecule has 0 unspecified atom stereocenters. The Bertz CT molecular complexity index is 885. The van der Waals surface area contributed by atoms with Gasteiger partial charge in [0.15, 0.2) is 11.6 Å². The average Bonchev–Trinajstić information content (AvgIpc) is 2.71. The van der Waals surface area contributed by atoms with Crippen LogP contribution in [0.25, 0.3) is 11.1 Å². The van der Waals surface area contributed by atoms with Crippen molar-refractivity contribution in [1.82, 2.24) is 4.90 Å². The third-order valence-corrected chi connectivity index (χ3v) is 6.77. The highest BCUT2D eigenvalue weighted by Gasteiger charge is 2.58. The number of piperidine rings is 1. The molecule has 31 heavy (non-hydrogen) atoms. The Kier molecular flexibility index (Phi) is 6.15. The van der Waals surface area contributed by atoms with Gasteiger partial charge < -0.3 is 14.7 Å². The highest BCUT2D eigenvalue weighted by atomic mass is 19.4. The molecule has 2 fully saturated rings. The molecular weight excluding hydrogens is 410 g/mol. The van der Waals surface area contributed by atoms with E-state index < -0.39 is 17.4 Å². The number of likely N-dealkylation sites (tertiary alicyclic amines) is 1. The summed E-state index contributed by atoms with van der Waals surface area (Å²) in [7, 11) is 0. The van der Waals surface area contributed by atoms with Crippen molar-refractivity contribution in [3.63, 3.8) is 0 Å². The van der Waals surface area contributed by atoms with E-state index in [0.29, 0.717) is 43.3 Å². The predicted molar refractivity (Wildman–Crippen MR) is 110 cm³/mol. The number of hydrogen-bond acceptors (Lipinski definition) is 3. The van der Waals surface area contributed by atoms with Gasteiger partial charge >= 0.3 is 6.18 Å². The maximum atomic E-state index is 13.5. The maximum Gasteiger partial charge on any atom is 0.395 e. The lowest BCUT2D eigenvalue weighted by Gasteiger charge is -2.47. The minimum Gasteiger partial charge on any atom is -0.505 e. The van der Waals surface area contributed by atoms with Crippen molar-refractivity contribution in [3.05, 3.63) is 48.3 Å². The Morgan fingerprint density at radius 2 is 1.65 bits per heavy atom. The molecule has 1 heterocycles. The van der Waals surface area contributed by atoms with Crippen molar-refractivity contribution in [2.75, 3.05) is 26.2 Å². The van der Waals surface area contributed by atoms with Gasteiger partial charge in [-0.15, -0.1) is 0 Å². The van der Waals surface area contributed by atoms with Crippen LogP contribution in [0.3, 0.4) is 0 Å². The minimum absolute atomic E-state index is 0.128. The zero-order valence-electron chi connectivity index (χ0n) is 17.3. The summed E-state index contributed by atoms with van der Waals surface area (Å²) < 4.78 is 59.6. The molecule has 3 nitrogen and oxygen atoms in total. The van der Waals surface area contributed by atoms with Crippen molar-refractivity contribution in [2.24, 2.45) is 11.3 Å². The van der Waals surface area contributed by atoms with Gasteiger partial charge in [0.1, 0.15) is 5.75 Å². The fourth-order valence-electron chi connectivity index (χ4n) is 4.52. The van der Waals surface area contributed by atoms with Crippen LogP contribution in [-0.2, 0) is 0 Å². The van der Waals surface area contributed by atoms with Gasteiger partial charge in [-0.25, -0.2) is 4.39 Å². The van der Waals surface area contributed by atoms with Crippen molar-refractivity contribution < 1.29 is 27.4 Å². The molecule has 168 valence electrons. The van der Waals surface area contributed by atoms with Crippen molar-refractivity contribution in [1.29, 1.82) is 0 Å².